The maximum atomic E-state index is 11.8. The van der Waals surface area contributed by atoms with Gasteiger partial charge in [0, 0.05) is 12.8 Å². The highest BCUT2D eigenvalue weighted by atomic mass is 16.1. The van der Waals surface area contributed by atoms with Gasteiger partial charge in [0.25, 0.3) is 0 Å². The number of Topliss-reactive ketones (excluding diaryl/α,β-unsaturated/α-hetero) is 1. The molecule has 0 amide bonds. The van der Waals surface area contributed by atoms with Crippen molar-refractivity contribution in [3.05, 3.63) is 0 Å². The molecule has 4 aliphatic carbocycles. The topological polar surface area (TPSA) is 17.1 Å². The Hall–Kier alpha value is -0.330. The summed E-state index contributed by atoms with van der Waals surface area (Å²) < 4.78 is 0. The zero-order chi connectivity index (χ0) is 15.5. The van der Waals surface area contributed by atoms with Gasteiger partial charge in [0.1, 0.15) is 5.78 Å². The lowest BCUT2D eigenvalue weighted by Crippen LogP contribution is -2.49. The van der Waals surface area contributed by atoms with E-state index in [1.807, 2.05) is 0 Å². The van der Waals surface area contributed by atoms with Crippen LogP contribution >= 0.6 is 0 Å². The van der Waals surface area contributed by atoms with E-state index in [-0.39, 0.29) is 0 Å². The van der Waals surface area contributed by atoms with Gasteiger partial charge < -0.3 is 0 Å². The van der Waals surface area contributed by atoms with E-state index in [1.165, 1.54) is 44.9 Å². The van der Waals surface area contributed by atoms with Crippen LogP contribution in [0.25, 0.3) is 0 Å². The summed E-state index contributed by atoms with van der Waals surface area (Å²) in [6.45, 7) is 7.55. The van der Waals surface area contributed by atoms with Crippen LogP contribution in [0.4, 0.5) is 0 Å². The van der Waals surface area contributed by atoms with Crippen LogP contribution < -0.4 is 0 Å². The van der Waals surface area contributed by atoms with E-state index in [4.69, 9.17) is 0 Å². The molecule has 0 spiro atoms. The van der Waals surface area contributed by atoms with Gasteiger partial charge in [0.05, 0.1) is 0 Å². The molecule has 4 rings (SSSR count). The highest BCUT2D eigenvalue weighted by Gasteiger charge is 2.57. The molecule has 0 bridgehead atoms. The average Bonchev–Trinajstić information content (AvgIpc) is 2.84. The largest absolute Gasteiger partial charge is 0.300 e. The third-order valence-electron chi connectivity index (χ3n) is 8.64. The summed E-state index contributed by atoms with van der Waals surface area (Å²) in [5.74, 6) is 7.00. The highest BCUT2D eigenvalue weighted by Crippen LogP contribution is 2.65. The fraction of sp³-hybridized carbons (Fsp3) is 0.952. The van der Waals surface area contributed by atoms with Crippen LogP contribution in [0.5, 0.6) is 0 Å². The first kappa shape index (κ1) is 15.2. The number of hydrogen-bond donors (Lipinski definition) is 0. The summed E-state index contributed by atoms with van der Waals surface area (Å²) in [6.07, 6.45) is 11.7. The predicted octanol–water partition coefficient (Wildman–Crippen LogP) is 5.48. The van der Waals surface area contributed by atoms with Crippen LogP contribution in [-0.2, 0) is 4.79 Å². The predicted molar refractivity (Wildman–Crippen MR) is 90.4 cm³/mol. The summed E-state index contributed by atoms with van der Waals surface area (Å²) in [5, 5.41) is 0. The number of hydrogen-bond acceptors (Lipinski definition) is 1. The van der Waals surface area contributed by atoms with Gasteiger partial charge in [0.2, 0.25) is 0 Å². The number of fused-ring (bicyclic) bond motifs is 5. The Labute approximate surface area is 136 Å². The minimum Gasteiger partial charge on any atom is -0.300 e. The summed E-state index contributed by atoms with van der Waals surface area (Å²) in [4.78, 5) is 11.8. The molecule has 0 heterocycles. The maximum Gasteiger partial charge on any atom is 0.133 e. The third-order valence-corrected chi connectivity index (χ3v) is 8.64. The molecule has 4 aliphatic rings. The van der Waals surface area contributed by atoms with Gasteiger partial charge in [0.15, 0.2) is 0 Å². The molecule has 22 heavy (non-hydrogen) atoms. The number of carbonyl (C=O) groups is 1. The Kier molecular flexibility index (Phi) is 3.70. The minimum absolute atomic E-state index is 0.557. The van der Waals surface area contributed by atoms with Crippen molar-refractivity contribution >= 4 is 5.78 Å². The standard InChI is InChI=1S/C21H34O/c1-13(2)19-8-9-20-18-6-4-14-12-15(22)5-7-16(14)17(18)10-11-21(19,20)3/h13-14,16-20H,4-12H2,1-3H3/t14-,16+,17-,18-,19-,20+,21-/m1/s1. The summed E-state index contributed by atoms with van der Waals surface area (Å²) in [5.41, 5.74) is 0.632. The van der Waals surface area contributed by atoms with Crippen molar-refractivity contribution in [2.24, 2.45) is 46.8 Å². The zero-order valence-electron chi connectivity index (χ0n) is 14.8. The van der Waals surface area contributed by atoms with E-state index >= 15 is 0 Å². The van der Waals surface area contributed by atoms with Crippen molar-refractivity contribution in [3.8, 4) is 0 Å². The number of ketones is 1. The second-order valence-corrected chi connectivity index (χ2v) is 9.69. The van der Waals surface area contributed by atoms with E-state index in [0.717, 1.165) is 54.3 Å². The third kappa shape index (κ3) is 2.13. The van der Waals surface area contributed by atoms with E-state index in [1.54, 1.807) is 0 Å². The Balaban J connectivity index is 1.56. The monoisotopic (exact) mass is 302 g/mol. The van der Waals surface area contributed by atoms with Gasteiger partial charge >= 0.3 is 0 Å². The first-order chi connectivity index (χ1) is 10.5. The molecule has 1 nitrogen and oxygen atoms in total. The number of rotatable bonds is 1. The van der Waals surface area contributed by atoms with Gasteiger partial charge in [-0.05, 0) is 91.8 Å². The first-order valence-electron chi connectivity index (χ1n) is 10.0. The summed E-state index contributed by atoms with van der Waals surface area (Å²) >= 11 is 0. The molecule has 0 aromatic carbocycles. The molecule has 4 saturated carbocycles. The van der Waals surface area contributed by atoms with Crippen LogP contribution in [0.15, 0.2) is 0 Å². The smallest absolute Gasteiger partial charge is 0.133 e. The van der Waals surface area contributed by atoms with Crippen LogP contribution in [0.2, 0.25) is 0 Å². The SMILES string of the molecule is CC(C)[C@H]1CC[C@H]2[C@@H]3CC[C@@H]4CC(=O)CC[C@@H]4[C@H]3CC[C@]12C. The molecule has 0 aliphatic heterocycles. The lowest BCUT2D eigenvalue weighted by molar-refractivity contribution is -0.127. The van der Waals surface area contributed by atoms with Gasteiger partial charge in [-0.1, -0.05) is 20.8 Å². The highest BCUT2D eigenvalue weighted by molar-refractivity contribution is 5.79. The van der Waals surface area contributed by atoms with Crippen LogP contribution in [-0.4, -0.2) is 5.78 Å². The maximum absolute atomic E-state index is 11.8. The molecule has 0 saturated heterocycles. The van der Waals surface area contributed by atoms with E-state index in [2.05, 4.69) is 20.8 Å². The van der Waals surface area contributed by atoms with Crippen LogP contribution in [0, 0.1) is 46.8 Å². The van der Waals surface area contributed by atoms with Crippen LogP contribution in [0.3, 0.4) is 0 Å². The molecule has 0 radical (unpaired) electrons. The second-order valence-electron chi connectivity index (χ2n) is 9.69. The normalized spacial score (nSPS) is 51.4. The molecule has 0 N–H and O–H groups in total. The fourth-order valence-corrected chi connectivity index (χ4v) is 7.79. The Morgan fingerprint density at radius 2 is 1.77 bits per heavy atom. The average molecular weight is 303 g/mol. The van der Waals surface area contributed by atoms with Crippen molar-refractivity contribution in [1.82, 2.24) is 0 Å². The first-order valence-corrected chi connectivity index (χ1v) is 10.0. The second kappa shape index (κ2) is 5.35. The lowest BCUT2D eigenvalue weighted by atomic mass is 9.49. The zero-order valence-corrected chi connectivity index (χ0v) is 14.8. The Morgan fingerprint density at radius 1 is 0.955 bits per heavy atom. The lowest BCUT2D eigenvalue weighted by Gasteiger charge is -2.56. The van der Waals surface area contributed by atoms with E-state index in [9.17, 15) is 4.79 Å². The molecule has 1 heteroatoms. The Bertz CT molecular complexity index is 453. The summed E-state index contributed by atoms with van der Waals surface area (Å²) in [7, 11) is 0. The van der Waals surface area contributed by atoms with Crippen molar-refractivity contribution in [2.75, 3.05) is 0 Å². The fourth-order valence-electron chi connectivity index (χ4n) is 7.79. The summed E-state index contributed by atoms with van der Waals surface area (Å²) in [6, 6.07) is 0. The molecule has 124 valence electrons. The Morgan fingerprint density at radius 3 is 2.55 bits per heavy atom. The van der Waals surface area contributed by atoms with Crippen molar-refractivity contribution in [3.63, 3.8) is 0 Å². The minimum atomic E-state index is 0.557. The van der Waals surface area contributed by atoms with Crippen molar-refractivity contribution in [1.29, 1.82) is 0 Å². The molecule has 0 aromatic heterocycles. The van der Waals surface area contributed by atoms with Gasteiger partial charge in [-0.3, -0.25) is 4.79 Å². The molecular formula is C21H34O. The van der Waals surface area contributed by atoms with E-state index in [0.29, 0.717) is 11.2 Å². The van der Waals surface area contributed by atoms with Crippen LogP contribution in [0.1, 0.15) is 78.6 Å². The van der Waals surface area contributed by atoms with Crippen molar-refractivity contribution in [2.45, 2.75) is 78.6 Å². The molecular weight excluding hydrogens is 268 g/mol. The van der Waals surface area contributed by atoms with Gasteiger partial charge in [-0.2, -0.15) is 0 Å². The van der Waals surface area contributed by atoms with Crippen molar-refractivity contribution < 1.29 is 4.79 Å². The van der Waals surface area contributed by atoms with Gasteiger partial charge in [-0.25, -0.2) is 0 Å². The van der Waals surface area contributed by atoms with E-state index < -0.39 is 0 Å². The number of carbonyl (C=O) groups excluding carboxylic acids is 1. The quantitative estimate of drug-likeness (QED) is 0.627. The molecule has 7 atom stereocenters. The molecule has 0 unspecified atom stereocenters. The molecule has 4 fully saturated rings. The van der Waals surface area contributed by atoms with Gasteiger partial charge in [-0.15, -0.1) is 0 Å². The molecule has 0 aromatic rings.